The fraction of sp³-hybridized carbons (Fsp3) is 0.294. The molecule has 0 bridgehead atoms. The Balaban J connectivity index is 2.37. The van der Waals surface area contributed by atoms with Crippen LogP contribution < -0.4 is 11.1 Å². The van der Waals surface area contributed by atoms with Gasteiger partial charge in [0.15, 0.2) is 0 Å². The van der Waals surface area contributed by atoms with Gasteiger partial charge in [0.05, 0.1) is 11.4 Å². The number of benzene rings is 2. The molecule has 2 aromatic rings. The third-order valence-electron chi connectivity index (χ3n) is 3.41. The highest BCUT2D eigenvalue weighted by Crippen LogP contribution is 2.28. The molecule has 0 fully saturated rings. The van der Waals surface area contributed by atoms with E-state index in [9.17, 15) is 0 Å². The van der Waals surface area contributed by atoms with Gasteiger partial charge in [0.25, 0.3) is 0 Å². The van der Waals surface area contributed by atoms with Crippen LogP contribution in [0.2, 0.25) is 0 Å². The molecule has 19 heavy (non-hydrogen) atoms. The van der Waals surface area contributed by atoms with Gasteiger partial charge >= 0.3 is 0 Å². The number of rotatable bonds is 3. The number of nitrogen functional groups attached to an aromatic ring is 1. The normalized spacial score (nSPS) is 10.8. The first-order valence-electron chi connectivity index (χ1n) is 6.71. The van der Waals surface area contributed by atoms with Crippen LogP contribution in [-0.4, -0.2) is 0 Å². The number of anilines is 3. The van der Waals surface area contributed by atoms with Gasteiger partial charge in [0, 0.05) is 5.69 Å². The Morgan fingerprint density at radius 2 is 1.68 bits per heavy atom. The molecule has 0 aliphatic carbocycles. The second-order valence-corrected chi connectivity index (χ2v) is 5.44. The third-order valence-corrected chi connectivity index (χ3v) is 3.41. The van der Waals surface area contributed by atoms with E-state index in [2.05, 4.69) is 57.3 Å². The van der Waals surface area contributed by atoms with Crippen LogP contribution in [0.15, 0.2) is 36.4 Å². The van der Waals surface area contributed by atoms with Crippen molar-refractivity contribution in [2.24, 2.45) is 0 Å². The van der Waals surface area contributed by atoms with E-state index in [1.54, 1.807) is 0 Å². The van der Waals surface area contributed by atoms with Crippen molar-refractivity contribution in [1.82, 2.24) is 0 Å². The molecule has 0 aromatic heterocycles. The van der Waals surface area contributed by atoms with Crippen LogP contribution in [0.5, 0.6) is 0 Å². The Morgan fingerprint density at radius 1 is 0.947 bits per heavy atom. The summed E-state index contributed by atoms with van der Waals surface area (Å²) >= 11 is 0. The molecule has 0 heterocycles. The number of nitrogens with two attached hydrogens (primary N) is 1. The minimum Gasteiger partial charge on any atom is -0.397 e. The molecule has 0 aliphatic rings. The first-order chi connectivity index (χ1) is 8.97. The lowest BCUT2D eigenvalue weighted by Crippen LogP contribution is -1.99. The van der Waals surface area contributed by atoms with E-state index < -0.39 is 0 Å². The lowest BCUT2D eigenvalue weighted by atomic mass is 10.0. The van der Waals surface area contributed by atoms with Crippen molar-refractivity contribution < 1.29 is 0 Å². The van der Waals surface area contributed by atoms with E-state index in [0.29, 0.717) is 5.92 Å². The van der Waals surface area contributed by atoms with E-state index in [1.165, 1.54) is 16.7 Å². The molecule has 0 amide bonds. The van der Waals surface area contributed by atoms with Crippen molar-refractivity contribution in [3.8, 4) is 0 Å². The standard InChI is InChI=1S/C17H22N2/c1-11(2)14-7-6-13(4)16(10-14)19-17-9-12(3)5-8-15(17)18/h5-11,19H,18H2,1-4H3. The Morgan fingerprint density at radius 3 is 2.37 bits per heavy atom. The molecule has 0 saturated heterocycles. The van der Waals surface area contributed by atoms with Crippen LogP contribution in [0.3, 0.4) is 0 Å². The summed E-state index contributed by atoms with van der Waals surface area (Å²) in [6.45, 7) is 8.59. The number of hydrogen-bond donors (Lipinski definition) is 2. The first kappa shape index (κ1) is 13.5. The highest BCUT2D eigenvalue weighted by molar-refractivity contribution is 5.74. The summed E-state index contributed by atoms with van der Waals surface area (Å²) in [6.07, 6.45) is 0. The zero-order valence-electron chi connectivity index (χ0n) is 12.1. The highest BCUT2D eigenvalue weighted by atomic mass is 14.9. The van der Waals surface area contributed by atoms with Gasteiger partial charge in [-0.2, -0.15) is 0 Å². The first-order valence-corrected chi connectivity index (χ1v) is 6.71. The van der Waals surface area contributed by atoms with Crippen molar-refractivity contribution in [2.45, 2.75) is 33.6 Å². The van der Waals surface area contributed by atoms with E-state index in [0.717, 1.165) is 17.1 Å². The minimum atomic E-state index is 0.524. The van der Waals surface area contributed by atoms with Gasteiger partial charge < -0.3 is 11.1 Å². The number of aryl methyl sites for hydroxylation is 2. The molecular weight excluding hydrogens is 232 g/mol. The van der Waals surface area contributed by atoms with Gasteiger partial charge in [-0.15, -0.1) is 0 Å². The zero-order valence-corrected chi connectivity index (χ0v) is 12.1. The topological polar surface area (TPSA) is 38.0 Å². The van der Waals surface area contributed by atoms with E-state index in [-0.39, 0.29) is 0 Å². The Bertz CT molecular complexity index is 586. The van der Waals surface area contributed by atoms with Crippen molar-refractivity contribution in [2.75, 3.05) is 11.1 Å². The van der Waals surface area contributed by atoms with Crippen LogP contribution in [0, 0.1) is 13.8 Å². The molecule has 0 atom stereocenters. The van der Waals surface area contributed by atoms with Crippen molar-refractivity contribution >= 4 is 17.1 Å². The van der Waals surface area contributed by atoms with Gasteiger partial charge in [-0.25, -0.2) is 0 Å². The zero-order chi connectivity index (χ0) is 14.0. The van der Waals surface area contributed by atoms with Gasteiger partial charge in [0.1, 0.15) is 0 Å². The Labute approximate surface area is 115 Å². The van der Waals surface area contributed by atoms with Gasteiger partial charge in [-0.1, -0.05) is 32.0 Å². The summed E-state index contributed by atoms with van der Waals surface area (Å²) in [4.78, 5) is 0. The van der Waals surface area contributed by atoms with E-state index in [4.69, 9.17) is 5.73 Å². The molecular formula is C17H22N2. The van der Waals surface area contributed by atoms with Crippen LogP contribution >= 0.6 is 0 Å². The fourth-order valence-corrected chi connectivity index (χ4v) is 2.06. The molecule has 0 radical (unpaired) electrons. The molecule has 2 aromatic carbocycles. The summed E-state index contributed by atoms with van der Waals surface area (Å²) in [5.41, 5.74) is 12.7. The monoisotopic (exact) mass is 254 g/mol. The molecule has 2 nitrogen and oxygen atoms in total. The van der Waals surface area contributed by atoms with Gasteiger partial charge in [-0.05, 0) is 54.7 Å². The molecule has 3 N–H and O–H groups in total. The molecule has 0 spiro atoms. The maximum Gasteiger partial charge on any atom is 0.0620 e. The summed E-state index contributed by atoms with van der Waals surface area (Å²) in [7, 11) is 0. The quantitative estimate of drug-likeness (QED) is 0.775. The molecule has 2 heteroatoms. The second kappa shape index (κ2) is 5.35. The average Bonchev–Trinajstić information content (AvgIpc) is 2.36. The number of hydrogen-bond acceptors (Lipinski definition) is 2. The summed E-state index contributed by atoms with van der Waals surface area (Å²) in [6, 6.07) is 12.6. The average molecular weight is 254 g/mol. The maximum atomic E-state index is 6.02. The molecule has 0 unspecified atom stereocenters. The fourth-order valence-electron chi connectivity index (χ4n) is 2.06. The van der Waals surface area contributed by atoms with Crippen LogP contribution in [-0.2, 0) is 0 Å². The Hall–Kier alpha value is -1.96. The minimum absolute atomic E-state index is 0.524. The predicted molar refractivity (Wildman–Crippen MR) is 84.1 cm³/mol. The second-order valence-electron chi connectivity index (χ2n) is 5.44. The largest absolute Gasteiger partial charge is 0.397 e. The smallest absolute Gasteiger partial charge is 0.0620 e. The summed E-state index contributed by atoms with van der Waals surface area (Å²) < 4.78 is 0. The number of nitrogens with one attached hydrogen (secondary N) is 1. The van der Waals surface area contributed by atoms with E-state index >= 15 is 0 Å². The molecule has 2 rings (SSSR count). The van der Waals surface area contributed by atoms with Crippen molar-refractivity contribution in [3.05, 3.63) is 53.1 Å². The Kier molecular flexibility index (Phi) is 3.79. The van der Waals surface area contributed by atoms with E-state index in [1.807, 2.05) is 12.1 Å². The summed E-state index contributed by atoms with van der Waals surface area (Å²) in [5, 5.41) is 3.45. The van der Waals surface area contributed by atoms with Gasteiger partial charge in [-0.3, -0.25) is 0 Å². The van der Waals surface area contributed by atoms with Crippen molar-refractivity contribution in [3.63, 3.8) is 0 Å². The van der Waals surface area contributed by atoms with Crippen LogP contribution in [0.4, 0.5) is 17.1 Å². The summed E-state index contributed by atoms with van der Waals surface area (Å²) in [5.74, 6) is 0.524. The van der Waals surface area contributed by atoms with Gasteiger partial charge in [0.2, 0.25) is 0 Å². The van der Waals surface area contributed by atoms with Crippen LogP contribution in [0.1, 0.15) is 36.5 Å². The lowest BCUT2D eigenvalue weighted by molar-refractivity contribution is 0.866. The highest BCUT2D eigenvalue weighted by Gasteiger charge is 2.06. The molecule has 0 aliphatic heterocycles. The van der Waals surface area contributed by atoms with Crippen molar-refractivity contribution in [1.29, 1.82) is 0 Å². The third kappa shape index (κ3) is 3.08. The van der Waals surface area contributed by atoms with Crippen LogP contribution in [0.25, 0.3) is 0 Å². The lowest BCUT2D eigenvalue weighted by Gasteiger charge is -2.15. The maximum absolute atomic E-state index is 6.02. The SMILES string of the molecule is Cc1ccc(N)c(Nc2cc(C(C)C)ccc2C)c1. The molecule has 0 saturated carbocycles. The predicted octanol–water partition coefficient (Wildman–Crippen LogP) is 4.75. The molecule has 100 valence electrons.